The van der Waals surface area contributed by atoms with E-state index in [4.69, 9.17) is 31.6 Å². The SMILES string of the molecule is CCCCCCCCOS(=O)(=O)c1cc(Cl)c(S(=O)(=O)OCCCCCCCC)cc1Cl. The van der Waals surface area contributed by atoms with Crippen LogP contribution in [0.3, 0.4) is 0 Å². The molecule has 0 bridgehead atoms. The summed E-state index contributed by atoms with van der Waals surface area (Å²) >= 11 is 12.2. The van der Waals surface area contributed by atoms with Gasteiger partial charge in [-0.2, -0.15) is 16.8 Å². The second-order valence-electron chi connectivity index (χ2n) is 7.80. The molecule has 0 N–H and O–H groups in total. The fraction of sp³-hybridized carbons (Fsp3) is 0.727. The first-order chi connectivity index (χ1) is 15.2. The van der Waals surface area contributed by atoms with E-state index in [1.807, 2.05) is 0 Å². The molecular formula is C22H36Cl2O6S2. The van der Waals surface area contributed by atoms with E-state index in [0.717, 1.165) is 76.3 Å². The molecule has 10 heteroatoms. The summed E-state index contributed by atoms with van der Waals surface area (Å²) in [4.78, 5) is -0.713. The highest BCUT2D eigenvalue weighted by Crippen LogP contribution is 2.33. The first-order valence-corrected chi connectivity index (χ1v) is 15.0. The topological polar surface area (TPSA) is 86.7 Å². The largest absolute Gasteiger partial charge is 0.298 e. The van der Waals surface area contributed by atoms with Crippen LogP contribution in [0.1, 0.15) is 90.9 Å². The number of hydrogen-bond donors (Lipinski definition) is 0. The van der Waals surface area contributed by atoms with Gasteiger partial charge in [0.05, 0.1) is 23.3 Å². The van der Waals surface area contributed by atoms with Crippen LogP contribution in [0, 0.1) is 0 Å². The molecule has 0 radical (unpaired) electrons. The van der Waals surface area contributed by atoms with Gasteiger partial charge in [-0.25, -0.2) is 0 Å². The standard InChI is InChI=1S/C22H36Cl2O6S2/c1-3-5-7-9-11-13-15-29-31(25,26)21-17-20(24)22(18-19(21)23)32(27,28)30-16-14-12-10-8-6-4-2/h17-18H,3-16H2,1-2H3. The van der Waals surface area contributed by atoms with Crippen molar-refractivity contribution in [2.45, 2.75) is 101 Å². The quantitative estimate of drug-likeness (QED) is 0.148. The van der Waals surface area contributed by atoms with Gasteiger partial charge in [-0.1, -0.05) is 101 Å². The van der Waals surface area contributed by atoms with Crippen LogP contribution in [0.5, 0.6) is 0 Å². The van der Waals surface area contributed by atoms with E-state index in [0.29, 0.717) is 12.8 Å². The lowest BCUT2D eigenvalue weighted by atomic mass is 10.1. The number of unbranched alkanes of at least 4 members (excludes halogenated alkanes) is 10. The predicted octanol–water partition coefficient (Wildman–Crippen LogP) is 7.13. The number of halogens is 2. The zero-order chi connectivity index (χ0) is 24.0. The van der Waals surface area contributed by atoms with E-state index in [2.05, 4.69) is 13.8 Å². The molecule has 0 saturated heterocycles. The molecule has 0 aliphatic rings. The van der Waals surface area contributed by atoms with Gasteiger partial charge in [-0.05, 0) is 25.0 Å². The lowest BCUT2D eigenvalue weighted by Crippen LogP contribution is -2.11. The van der Waals surface area contributed by atoms with Crippen molar-refractivity contribution in [3.8, 4) is 0 Å². The summed E-state index contributed by atoms with van der Waals surface area (Å²) in [6.07, 6.45) is 11.8. The van der Waals surface area contributed by atoms with Crippen LogP contribution >= 0.6 is 23.2 Å². The lowest BCUT2D eigenvalue weighted by Gasteiger charge is -2.12. The summed E-state index contributed by atoms with van der Waals surface area (Å²) < 4.78 is 60.0. The average molecular weight is 532 g/mol. The van der Waals surface area contributed by atoms with Crippen LogP contribution in [-0.2, 0) is 28.6 Å². The van der Waals surface area contributed by atoms with Gasteiger partial charge in [0.15, 0.2) is 0 Å². The van der Waals surface area contributed by atoms with Gasteiger partial charge < -0.3 is 0 Å². The maximum atomic E-state index is 12.5. The average Bonchev–Trinajstić information content (AvgIpc) is 2.73. The molecule has 0 atom stereocenters. The Labute approximate surface area is 204 Å². The molecule has 0 saturated carbocycles. The minimum atomic E-state index is -4.16. The van der Waals surface area contributed by atoms with Crippen molar-refractivity contribution >= 4 is 43.4 Å². The molecule has 0 aromatic heterocycles. The van der Waals surface area contributed by atoms with Crippen molar-refractivity contribution in [1.82, 2.24) is 0 Å². The van der Waals surface area contributed by atoms with Crippen LogP contribution < -0.4 is 0 Å². The molecule has 1 aromatic rings. The van der Waals surface area contributed by atoms with E-state index >= 15 is 0 Å². The minimum Gasteiger partial charge on any atom is -0.266 e. The van der Waals surface area contributed by atoms with Crippen LogP contribution in [0.15, 0.2) is 21.9 Å². The van der Waals surface area contributed by atoms with Gasteiger partial charge in [-0.15, -0.1) is 0 Å². The summed E-state index contributed by atoms with van der Waals surface area (Å²) in [7, 11) is -8.31. The second kappa shape index (κ2) is 15.5. The van der Waals surface area contributed by atoms with Gasteiger partial charge >= 0.3 is 0 Å². The maximum Gasteiger partial charge on any atom is 0.298 e. The smallest absolute Gasteiger partial charge is 0.266 e. The summed E-state index contributed by atoms with van der Waals surface area (Å²) in [5.74, 6) is 0. The second-order valence-corrected chi connectivity index (χ2v) is 11.8. The first-order valence-electron chi connectivity index (χ1n) is 11.4. The van der Waals surface area contributed by atoms with Crippen molar-refractivity contribution in [3.05, 3.63) is 22.2 Å². The van der Waals surface area contributed by atoms with Gasteiger partial charge in [0.1, 0.15) is 9.79 Å². The molecule has 0 spiro atoms. The Balaban J connectivity index is 2.68. The van der Waals surface area contributed by atoms with E-state index in [1.165, 1.54) is 0 Å². The molecule has 0 unspecified atom stereocenters. The van der Waals surface area contributed by atoms with Gasteiger partial charge in [-0.3, -0.25) is 8.37 Å². The zero-order valence-electron chi connectivity index (χ0n) is 19.1. The highest BCUT2D eigenvalue weighted by atomic mass is 35.5. The fourth-order valence-electron chi connectivity index (χ4n) is 3.12. The summed E-state index contributed by atoms with van der Waals surface area (Å²) in [5.41, 5.74) is 0. The minimum absolute atomic E-state index is 0.0316. The molecule has 1 rings (SSSR count). The summed E-state index contributed by atoms with van der Waals surface area (Å²) in [6.45, 7) is 4.32. The third kappa shape index (κ3) is 10.7. The number of hydrogen-bond acceptors (Lipinski definition) is 6. The van der Waals surface area contributed by atoms with Crippen LogP contribution in [0.2, 0.25) is 10.0 Å². The maximum absolute atomic E-state index is 12.5. The Morgan fingerprint density at radius 1 is 0.594 bits per heavy atom. The van der Waals surface area contributed by atoms with Crippen LogP contribution in [0.25, 0.3) is 0 Å². The highest BCUT2D eigenvalue weighted by Gasteiger charge is 2.26. The summed E-state index contributed by atoms with van der Waals surface area (Å²) in [5, 5.41) is -0.557. The fourth-order valence-corrected chi connectivity index (χ4v) is 6.19. The molecule has 32 heavy (non-hydrogen) atoms. The third-order valence-corrected chi connectivity index (χ3v) is 8.55. The highest BCUT2D eigenvalue weighted by molar-refractivity contribution is 7.87. The molecular weight excluding hydrogens is 495 g/mol. The predicted molar refractivity (Wildman–Crippen MR) is 129 cm³/mol. The Morgan fingerprint density at radius 3 is 1.25 bits per heavy atom. The molecule has 1 aromatic carbocycles. The van der Waals surface area contributed by atoms with Crippen molar-refractivity contribution in [2.75, 3.05) is 13.2 Å². The Bertz CT molecular complexity index is 812. The lowest BCUT2D eigenvalue weighted by molar-refractivity contribution is 0.304. The Morgan fingerprint density at radius 2 is 0.906 bits per heavy atom. The van der Waals surface area contributed by atoms with E-state index in [-0.39, 0.29) is 33.0 Å². The molecule has 6 nitrogen and oxygen atoms in total. The van der Waals surface area contributed by atoms with Crippen molar-refractivity contribution < 1.29 is 25.2 Å². The number of benzene rings is 1. The molecule has 0 fully saturated rings. The van der Waals surface area contributed by atoms with E-state index in [1.54, 1.807) is 0 Å². The first kappa shape index (κ1) is 29.7. The monoisotopic (exact) mass is 530 g/mol. The van der Waals surface area contributed by atoms with Crippen LogP contribution in [-0.4, -0.2) is 30.0 Å². The zero-order valence-corrected chi connectivity index (χ0v) is 22.2. The molecule has 0 amide bonds. The van der Waals surface area contributed by atoms with Gasteiger partial charge in [0, 0.05) is 0 Å². The van der Waals surface area contributed by atoms with Gasteiger partial charge in [0.2, 0.25) is 0 Å². The third-order valence-electron chi connectivity index (χ3n) is 5.00. The number of rotatable bonds is 18. The normalized spacial score (nSPS) is 12.4. The Kier molecular flexibility index (Phi) is 14.4. The molecule has 186 valence electrons. The van der Waals surface area contributed by atoms with E-state index in [9.17, 15) is 16.8 Å². The van der Waals surface area contributed by atoms with Crippen molar-refractivity contribution in [2.24, 2.45) is 0 Å². The van der Waals surface area contributed by atoms with Crippen LogP contribution in [0.4, 0.5) is 0 Å². The molecule has 0 aliphatic heterocycles. The molecule has 0 aliphatic carbocycles. The van der Waals surface area contributed by atoms with Crippen molar-refractivity contribution in [3.63, 3.8) is 0 Å². The van der Waals surface area contributed by atoms with E-state index < -0.39 is 20.2 Å². The molecule has 0 heterocycles. The Hall–Kier alpha value is -0.380. The van der Waals surface area contributed by atoms with Gasteiger partial charge in [0.25, 0.3) is 20.2 Å². The van der Waals surface area contributed by atoms with Crippen molar-refractivity contribution in [1.29, 1.82) is 0 Å². The summed E-state index contributed by atoms with van der Waals surface area (Å²) in [6, 6.07) is 2.00.